The average molecular weight is 337 g/mol. The molecule has 4 rings (SSSR count). The molecule has 0 saturated carbocycles. The van der Waals surface area contributed by atoms with Crippen LogP contribution < -0.4 is 15.0 Å². The van der Waals surface area contributed by atoms with Gasteiger partial charge < -0.3 is 15.0 Å². The number of aromatic nitrogens is 1. The maximum absolute atomic E-state index is 11.8. The minimum Gasteiger partial charge on any atom is -0.490 e. The number of ether oxygens (including phenoxy) is 1. The average Bonchev–Trinajstić information content (AvgIpc) is 3.17. The standard InChI is InChI=1S/C20H23N3O2/c1-23-19-6-4-14(9-15(19)5-7-20(23)24)16-10-18(12-21-11-16)25-13-17-3-2-8-22-17/h4,6,9-12,17,22H,2-3,5,7-8,13H2,1H3. The molecular weight excluding hydrogens is 314 g/mol. The number of nitrogens with one attached hydrogen (secondary N) is 1. The Hall–Kier alpha value is -2.40. The van der Waals surface area contributed by atoms with Gasteiger partial charge in [-0.3, -0.25) is 9.78 Å². The van der Waals surface area contributed by atoms with Crippen LogP contribution in [0, 0.1) is 0 Å². The van der Waals surface area contributed by atoms with Crippen molar-refractivity contribution in [3.63, 3.8) is 0 Å². The topological polar surface area (TPSA) is 54.5 Å². The van der Waals surface area contributed by atoms with Gasteiger partial charge in [0.05, 0.1) is 6.20 Å². The van der Waals surface area contributed by atoms with Crippen LogP contribution >= 0.6 is 0 Å². The summed E-state index contributed by atoms with van der Waals surface area (Å²) in [5.41, 5.74) is 4.37. The number of hydrogen-bond donors (Lipinski definition) is 1. The highest BCUT2D eigenvalue weighted by molar-refractivity contribution is 5.96. The molecule has 1 unspecified atom stereocenters. The number of nitrogens with zero attached hydrogens (tertiary/aromatic N) is 2. The summed E-state index contributed by atoms with van der Waals surface area (Å²) in [6.45, 7) is 1.76. The van der Waals surface area contributed by atoms with Gasteiger partial charge in [-0.2, -0.15) is 0 Å². The van der Waals surface area contributed by atoms with Gasteiger partial charge in [0.25, 0.3) is 0 Å². The van der Waals surface area contributed by atoms with Crippen molar-refractivity contribution in [1.29, 1.82) is 0 Å². The molecule has 2 aromatic rings. The molecule has 1 aromatic heterocycles. The molecule has 0 radical (unpaired) electrons. The van der Waals surface area contributed by atoms with Gasteiger partial charge in [0.1, 0.15) is 12.4 Å². The smallest absolute Gasteiger partial charge is 0.227 e. The van der Waals surface area contributed by atoms with E-state index in [0.29, 0.717) is 19.1 Å². The third-order valence-corrected chi connectivity index (χ3v) is 5.08. The van der Waals surface area contributed by atoms with Crippen molar-refractivity contribution in [3.8, 4) is 16.9 Å². The lowest BCUT2D eigenvalue weighted by atomic mass is 9.97. The van der Waals surface area contributed by atoms with E-state index in [4.69, 9.17) is 4.74 Å². The van der Waals surface area contributed by atoms with Crippen molar-refractivity contribution in [2.24, 2.45) is 0 Å². The molecule has 0 bridgehead atoms. The molecule has 3 heterocycles. The summed E-state index contributed by atoms with van der Waals surface area (Å²) in [5, 5.41) is 3.44. The van der Waals surface area contributed by atoms with Crippen LogP contribution in [0.25, 0.3) is 11.1 Å². The fourth-order valence-corrected chi connectivity index (χ4v) is 3.59. The Morgan fingerprint density at radius 2 is 2.16 bits per heavy atom. The van der Waals surface area contributed by atoms with Gasteiger partial charge in [-0.15, -0.1) is 0 Å². The number of benzene rings is 1. The third-order valence-electron chi connectivity index (χ3n) is 5.08. The second-order valence-electron chi connectivity index (χ2n) is 6.81. The van der Waals surface area contributed by atoms with E-state index in [2.05, 4.69) is 16.4 Å². The number of anilines is 1. The first kappa shape index (κ1) is 16.1. The predicted octanol–water partition coefficient (Wildman–Crippen LogP) is 2.79. The first-order valence-electron chi connectivity index (χ1n) is 8.92. The van der Waals surface area contributed by atoms with Crippen LogP contribution in [0.3, 0.4) is 0 Å². The molecule has 5 nitrogen and oxygen atoms in total. The second kappa shape index (κ2) is 6.84. The summed E-state index contributed by atoms with van der Waals surface area (Å²) in [6, 6.07) is 8.73. The number of carbonyl (C=O) groups is 1. The van der Waals surface area contributed by atoms with Gasteiger partial charge in [0, 0.05) is 37.0 Å². The molecule has 0 aliphatic carbocycles. The summed E-state index contributed by atoms with van der Waals surface area (Å²) in [5.74, 6) is 0.981. The van der Waals surface area contributed by atoms with E-state index in [1.54, 1.807) is 11.1 Å². The first-order valence-corrected chi connectivity index (χ1v) is 8.92. The van der Waals surface area contributed by atoms with E-state index >= 15 is 0 Å². The zero-order valence-electron chi connectivity index (χ0n) is 14.5. The number of rotatable bonds is 4. The normalized spacial score (nSPS) is 19.8. The molecular formula is C20H23N3O2. The summed E-state index contributed by atoms with van der Waals surface area (Å²) in [6.07, 6.45) is 7.39. The first-order chi connectivity index (χ1) is 12.2. The minimum absolute atomic E-state index is 0.179. The lowest BCUT2D eigenvalue weighted by molar-refractivity contribution is -0.118. The predicted molar refractivity (Wildman–Crippen MR) is 97.9 cm³/mol. The molecule has 2 aliphatic rings. The quantitative estimate of drug-likeness (QED) is 0.932. The van der Waals surface area contributed by atoms with Crippen molar-refractivity contribution in [2.45, 2.75) is 31.7 Å². The molecule has 1 N–H and O–H groups in total. The van der Waals surface area contributed by atoms with Gasteiger partial charge in [0.2, 0.25) is 5.91 Å². The highest BCUT2D eigenvalue weighted by Gasteiger charge is 2.21. The molecule has 1 atom stereocenters. The van der Waals surface area contributed by atoms with Crippen LogP contribution in [0.15, 0.2) is 36.7 Å². The van der Waals surface area contributed by atoms with Gasteiger partial charge in [0.15, 0.2) is 0 Å². The number of fused-ring (bicyclic) bond motifs is 1. The number of pyridine rings is 1. The molecule has 1 fully saturated rings. The van der Waals surface area contributed by atoms with Gasteiger partial charge in [-0.1, -0.05) is 6.07 Å². The van der Waals surface area contributed by atoms with Crippen LogP contribution in [0.2, 0.25) is 0 Å². The summed E-state index contributed by atoms with van der Waals surface area (Å²) >= 11 is 0. The van der Waals surface area contributed by atoms with Crippen LogP contribution in [0.1, 0.15) is 24.8 Å². The molecule has 0 spiro atoms. The zero-order valence-corrected chi connectivity index (χ0v) is 14.5. The number of aryl methyl sites for hydroxylation is 1. The monoisotopic (exact) mass is 337 g/mol. The third kappa shape index (κ3) is 3.37. The molecule has 25 heavy (non-hydrogen) atoms. The Morgan fingerprint density at radius 3 is 3.00 bits per heavy atom. The maximum atomic E-state index is 11.8. The van der Waals surface area contributed by atoms with E-state index in [9.17, 15) is 4.79 Å². The molecule has 130 valence electrons. The van der Waals surface area contributed by atoms with Gasteiger partial charge in [-0.25, -0.2) is 0 Å². The van der Waals surface area contributed by atoms with Crippen molar-refractivity contribution >= 4 is 11.6 Å². The van der Waals surface area contributed by atoms with Crippen molar-refractivity contribution in [1.82, 2.24) is 10.3 Å². The fraction of sp³-hybridized carbons (Fsp3) is 0.400. The number of hydrogen-bond acceptors (Lipinski definition) is 4. The lowest BCUT2D eigenvalue weighted by Gasteiger charge is -2.26. The van der Waals surface area contributed by atoms with Crippen molar-refractivity contribution in [3.05, 3.63) is 42.2 Å². The van der Waals surface area contributed by atoms with Crippen LogP contribution in [-0.2, 0) is 11.2 Å². The fourth-order valence-electron chi connectivity index (χ4n) is 3.59. The maximum Gasteiger partial charge on any atom is 0.227 e. The van der Waals surface area contributed by atoms with Crippen LogP contribution in [-0.4, -0.2) is 37.1 Å². The molecule has 1 aromatic carbocycles. The summed E-state index contributed by atoms with van der Waals surface area (Å²) in [4.78, 5) is 17.9. The van der Waals surface area contributed by atoms with E-state index in [1.165, 1.54) is 18.4 Å². The van der Waals surface area contributed by atoms with Crippen LogP contribution in [0.5, 0.6) is 5.75 Å². The second-order valence-corrected chi connectivity index (χ2v) is 6.81. The van der Waals surface area contributed by atoms with E-state index < -0.39 is 0 Å². The Labute approximate surface area is 148 Å². The highest BCUT2D eigenvalue weighted by Crippen LogP contribution is 2.32. The number of carbonyl (C=O) groups excluding carboxylic acids is 1. The molecule has 1 saturated heterocycles. The van der Waals surface area contributed by atoms with Crippen molar-refractivity contribution < 1.29 is 9.53 Å². The molecule has 1 amide bonds. The molecule has 5 heteroatoms. The Bertz CT molecular complexity index is 784. The SMILES string of the molecule is CN1C(=O)CCc2cc(-c3cncc(OCC4CCCN4)c3)ccc21. The Kier molecular flexibility index (Phi) is 4.40. The van der Waals surface area contributed by atoms with E-state index in [1.807, 2.05) is 31.4 Å². The van der Waals surface area contributed by atoms with Gasteiger partial charge in [-0.05, 0) is 55.1 Å². The van der Waals surface area contributed by atoms with E-state index in [-0.39, 0.29) is 5.91 Å². The number of amides is 1. The minimum atomic E-state index is 0.179. The Morgan fingerprint density at radius 1 is 1.24 bits per heavy atom. The zero-order chi connectivity index (χ0) is 17.2. The van der Waals surface area contributed by atoms with Crippen LogP contribution in [0.4, 0.5) is 5.69 Å². The van der Waals surface area contributed by atoms with Gasteiger partial charge >= 0.3 is 0 Å². The molecule has 2 aliphatic heterocycles. The lowest BCUT2D eigenvalue weighted by Crippen LogP contribution is -2.30. The largest absolute Gasteiger partial charge is 0.490 e. The van der Waals surface area contributed by atoms with Crippen molar-refractivity contribution in [2.75, 3.05) is 25.1 Å². The highest BCUT2D eigenvalue weighted by atomic mass is 16.5. The summed E-state index contributed by atoms with van der Waals surface area (Å²) in [7, 11) is 1.84. The van der Waals surface area contributed by atoms with E-state index in [0.717, 1.165) is 35.5 Å². The Balaban J connectivity index is 1.53. The summed E-state index contributed by atoms with van der Waals surface area (Å²) < 4.78 is 5.92.